The molecule has 0 radical (unpaired) electrons. The summed E-state index contributed by atoms with van der Waals surface area (Å²) in [4.78, 5) is 12.6. The number of rotatable bonds is 5. The SMILES string of the molecule is CCCn1c(C2CC2)c(N)c(=O)n1Cc1ccccc1C. The molecular formula is C17H23N3O. The Labute approximate surface area is 125 Å². The van der Waals surface area contributed by atoms with Crippen LogP contribution < -0.4 is 11.3 Å². The topological polar surface area (TPSA) is 52.9 Å². The van der Waals surface area contributed by atoms with Crippen molar-refractivity contribution in [1.82, 2.24) is 9.36 Å². The van der Waals surface area contributed by atoms with Gasteiger partial charge in [-0.25, -0.2) is 4.68 Å². The summed E-state index contributed by atoms with van der Waals surface area (Å²) in [5.74, 6) is 0.488. The van der Waals surface area contributed by atoms with Crippen LogP contribution in [0, 0.1) is 6.92 Å². The fourth-order valence-electron chi connectivity index (χ4n) is 2.97. The van der Waals surface area contributed by atoms with Crippen LogP contribution in [0.2, 0.25) is 0 Å². The number of aryl methyl sites for hydroxylation is 1. The third kappa shape index (κ3) is 2.50. The Kier molecular flexibility index (Phi) is 3.62. The van der Waals surface area contributed by atoms with Crippen LogP contribution in [-0.4, -0.2) is 9.36 Å². The Hall–Kier alpha value is -1.97. The minimum atomic E-state index is -0.0337. The summed E-state index contributed by atoms with van der Waals surface area (Å²) in [6, 6.07) is 8.21. The molecule has 0 bridgehead atoms. The minimum absolute atomic E-state index is 0.0337. The first-order valence-corrected chi connectivity index (χ1v) is 7.77. The molecule has 4 nitrogen and oxygen atoms in total. The van der Waals surface area contributed by atoms with Crippen molar-refractivity contribution >= 4 is 5.69 Å². The minimum Gasteiger partial charge on any atom is -0.393 e. The summed E-state index contributed by atoms with van der Waals surface area (Å²) in [6.07, 6.45) is 3.31. The van der Waals surface area contributed by atoms with Crippen molar-refractivity contribution in [3.63, 3.8) is 0 Å². The van der Waals surface area contributed by atoms with Gasteiger partial charge in [0.05, 0.1) is 12.2 Å². The average molecular weight is 285 g/mol. The van der Waals surface area contributed by atoms with Crippen LogP contribution in [0.15, 0.2) is 29.1 Å². The predicted molar refractivity (Wildman–Crippen MR) is 85.7 cm³/mol. The van der Waals surface area contributed by atoms with E-state index in [4.69, 9.17) is 5.73 Å². The van der Waals surface area contributed by atoms with Crippen LogP contribution in [-0.2, 0) is 13.1 Å². The van der Waals surface area contributed by atoms with E-state index in [0.29, 0.717) is 18.2 Å². The number of aromatic nitrogens is 2. The quantitative estimate of drug-likeness (QED) is 0.918. The lowest BCUT2D eigenvalue weighted by Gasteiger charge is -2.15. The van der Waals surface area contributed by atoms with Crippen molar-refractivity contribution in [2.45, 2.75) is 52.1 Å². The number of hydrogen-bond acceptors (Lipinski definition) is 2. The zero-order chi connectivity index (χ0) is 15.0. The van der Waals surface area contributed by atoms with E-state index in [1.54, 1.807) is 0 Å². The number of nitrogens with two attached hydrogens (primary N) is 1. The summed E-state index contributed by atoms with van der Waals surface area (Å²) in [5.41, 5.74) is 9.99. The molecule has 1 saturated carbocycles. The molecule has 1 aromatic heterocycles. The smallest absolute Gasteiger partial charge is 0.290 e. The van der Waals surface area contributed by atoms with Crippen LogP contribution in [0.3, 0.4) is 0 Å². The molecule has 0 atom stereocenters. The first kappa shape index (κ1) is 14.0. The average Bonchev–Trinajstić information content (AvgIpc) is 3.26. The molecule has 1 heterocycles. The molecule has 0 spiro atoms. The van der Waals surface area contributed by atoms with E-state index in [9.17, 15) is 4.79 Å². The maximum atomic E-state index is 12.6. The fourth-order valence-corrected chi connectivity index (χ4v) is 2.97. The normalized spacial score (nSPS) is 14.6. The molecule has 2 aromatic rings. The molecule has 1 aliphatic rings. The molecular weight excluding hydrogens is 262 g/mol. The van der Waals surface area contributed by atoms with Crippen molar-refractivity contribution in [1.29, 1.82) is 0 Å². The van der Waals surface area contributed by atoms with Crippen molar-refractivity contribution in [3.8, 4) is 0 Å². The zero-order valence-electron chi connectivity index (χ0n) is 12.8. The molecule has 2 N–H and O–H groups in total. The largest absolute Gasteiger partial charge is 0.393 e. The van der Waals surface area contributed by atoms with Gasteiger partial charge in [-0.15, -0.1) is 0 Å². The van der Waals surface area contributed by atoms with Crippen LogP contribution in [0.5, 0.6) is 0 Å². The van der Waals surface area contributed by atoms with Gasteiger partial charge in [-0.3, -0.25) is 9.48 Å². The molecule has 21 heavy (non-hydrogen) atoms. The maximum absolute atomic E-state index is 12.6. The van der Waals surface area contributed by atoms with Gasteiger partial charge >= 0.3 is 0 Å². The monoisotopic (exact) mass is 285 g/mol. The highest BCUT2D eigenvalue weighted by Crippen LogP contribution is 2.42. The van der Waals surface area contributed by atoms with E-state index >= 15 is 0 Å². The lowest BCUT2D eigenvalue weighted by atomic mass is 10.1. The van der Waals surface area contributed by atoms with Gasteiger partial charge in [-0.2, -0.15) is 0 Å². The second-order valence-corrected chi connectivity index (χ2v) is 5.99. The molecule has 112 valence electrons. The third-order valence-electron chi connectivity index (χ3n) is 4.29. The van der Waals surface area contributed by atoms with Crippen molar-refractivity contribution in [2.24, 2.45) is 0 Å². The van der Waals surface area contributed by atoms with Gasteiger partial charge in [0.2, 0.25) is 0 Å². The zero-order valence-corrected chi connectivity index (χ0v) is 12.8. The molecule has 0 unspecified atom stereocenters. The Bertz CT molecular complexity index is 707. The third-order valence-corrected chi connectivity index (χ3v) is 4.29. The number of hydrogen-bond donors (Lipinski definition) is 1. The van der Waals surface area contributed by atoms with Gasteiger partial charge in [0.15, 0.2) is 0 Å². The number of nitrogen functional groups attached to an aromatic ring is 1. The molecule has 3 rings (SSSR count). The molecule has 0 amide bonds. The fraction of sp³-hybridized carbons (Fsp3) is 0.471. The summed E-state index contributed by atoms with van der Waals surface area (Å²) >= 11 is 0. The Morgan fingerprint density at radius 1 is 1.24 bits per heavy atom. The van der Waals surface area contributed by atoms with Crippen molar-refractivity contribution in [3.05, 3.63) is 51.4 Å². The van der Waals surface area contributed by atoms with Gasteiger partial charge in [0.25, 0.3) is 5.56 Å². The van der Waals surface area contributed by atoms with Crippen LogP contribution in [0.25, 0.3) is 0 Å². The van der Waals surface area contributed by atoms with Gasteiger partial charge in [-0.05, 0) is 37.3 Å². The molecule has 1 aliphatic carbocycles. The van der Waals surface area contributed by atoms with Crippen molar-refractivity contribution < 1.29 is 0 Å². The highest BCUT2D eigenvalue weighted by molar-refractivity contribution is 5.46. The maximum Gasteiger partial charge on any atom is 0.290 e. The van der Waals surface area contributed by atoms with E-state index in [2.05, 4.69) is 30.7 Å². The highest BCUT2D eigenvalue weighted by atomic mass is 16.1. The van der Waals surface area contributed by atoms with Gasteiger partial charge in [0, 0.05) is 12.5 Å². The Morgan fingerprint density at radius 3 is 2.57 bits per heavy atom. The summed E-state index contributed by atoms with van der Waals surface area (Å²) < 4.78 is 3.95. The van der Waals surface area contributed by atoms with E-state index in [0.717, 1.165) is 31.5 Å². The van der Waals surface area contributed by atoms with Crippen LogP contribution >= 0.6 is 0 Å². The molecule has 0 saturated heterocycles. The standard InChI is InChI=1S/C17H23N3O/c1-3-10-19-16(13-8-9-13)15(18)17(21)20(19)11-14-7-5-4-6-12(14)2/h4-7,13H,3,8-11,18H2,1-2H3. The summed E-state index contributed by atoms with van der Waals surface area (Å²) in [6.45, 7) is 5.67. The van der Waals surface area contributed by atoms with Crippen LogP contribution in [0.4, 0.5) is 5.69 Å². The second-order valence-electron chi connectivity index (χ2n) is 5.99. The van der Waals surface area contributed by atoms with Gasteiger partial charge in [-0.1, -0.05) is 31.2 Å². The van der Waals surface area contributed by atoms with Crippen molar-refractivity contribution in [2.75, 3.05) is 5.73 Å². The lowest BCUT2D eigenvalue weighted by molar-refractivity contribution is 0.450. The second kappa shape index (κ2) is 5.43. The first-order valence-electron chi connectivity index (χ1n) is 7.77. The van der Waals surface area contributed by atoms with Crippen LogP contribution in [0.1, 0.15) is 48.9 Å². The molecule has 4 heteroatoms. The summed E-state index contributed by atoms with van der Waals surface area (Å²) in [7, 11) is 0. The molecule has 0 aliphatic heterocycles. The Morgan fingerprint density at radius 2 is 1.95 bits per heavy atom. The van der Waals surface area contributed by atoms with Gasteiger partial charge < -0.3 is 5.73 Å². The van der Waals surface area contributed by atoms with E-state index < -0.39 is 0 Å². The van der Waals surface area contributed by atoms with E-state index in [1.165, 1.54) is 11.1 Å². The lowest BCUT2D eigenvalue weighted by Crippen LogP contribution is -2.25. The molecule has 1 fully saturated rings. The molecule has 1 aromatic carbocycles. The highest BCUT2D eigenvalue weighted by Gasteiger charge is 2.32. The number of benzene rings is 1. The summed E-state index contributed by atoms with van der Waals surface area (Å²) in [5, 5.41) is 0. The van der Waals surface area contributed by atoms with E-state index in [1.807, 2.05) is 16.8 Å². The van der Waals surface area contributed by atoms with Gasteiger partial charge in [0.1, 0.15) is 5.69 Å². The number of anilines is 1. The number of nitrogens with zero attached hydrogens (tertiary/aromatic N) is 2. The predicted octanol–water partition coefficient (Wildman–Crippen LogP) is 2.88. The van der Waals surface area contributed by atoms with E-state index in [-0.39, 0.29) is 5.56 Å². The first-order chi connectivity index (χ1) is 10.1. The Balaban J connectivity index is 2.07.